The SMILES string of the molecule is CNC(=O)N(NC=O)c1ncc([N+](=O)[O-])s1. The lowest BCUT2D eigenvalue weighted by molar-refractivity contribution is -0.380. The van der Waals surface area contributed by atoms with E-state index in [1.165, 1.54) is 7.05 Å². The van der Waals surface area contributed by atoms with Crippen LogP contribution in [0, 0.1) is 10.1 Å². The number of carbonyl (C=O) groups excluding carboxylic acids is 2. The van der Waals surface area contributed by atoms with Gasteiger partial charge in [0, 0.05) is 7.05 Å². The van der Waals surface area contributed by atoms with E-state index in [1.807, 2.05) is 0 Å². The van der Waals surface area contributed by atoms with Crippen molar-refractivity contribution in [1.82, 2.24) is 15.7 Å². The zero-order valence-corrected chi connectivity index (χ0v) is 8.85. The van der Waals surface area contributed by atoms with Crippen LogP contribution in [0.2, 0.25) is 0 Å². The van der Waals surface area contributed by atoms with E-state index >= 15 is 0 Å². The lowest BCUT2D eigenvalue weighted by atomic mass is 10.8. The fourth-order valence-corrected chi connectivity index (χ4v) is 1.51. The van der Waals surface area contributed by atoms with Crippen LogP contribution >= 0.6 is 11.3 Å². The number of hydrogen-bond donors (Lipinski definition) is 2. The van der Waals surface area contributed by atoms with Crippen LogP contribution in [0.5, 0.6) is 0 Å². The van der Waals surface area contributed by atoms with Crippen LogP contribution in [0.25, 0.3) is 0 Å². The van der Waals surface area contributed by atoms with E-state index in [0.29, 0.717) is 11.3 Å². The number of hydrogen-bond acceptors (Lipinski definition) is 6. The van der Waals surface area contributed by atoms with Crippen LogP contribution < -0.4 is 15.8 Å². The summed E-state index contributed by atoms with van der Waals surface area (Å²) in [5.41, 5.74) is 2.07. The molecule has 0 saturated carbocycles. The summed E-state index contributed by atoms with van der Waals surface area (Å²) in [7, 11) is 1.35. The van der Waals surface area contributed by atoms with Crippen molar-refractivity contribution in [2.75, 3.05) is 12.1 Å². The van der Waals surface area contributed by atoms with Crippen LogP contribution in [0.3, 0.4) is 0 Å². The summed E-state index contributed by atoms with van der Waals surface area (Å²) in [6, 6.07) is -0.656. The molecule has 10 heteroatoms. The minimum absolute atomic E-state index is 0.00171. The number of urea groups is 1. The Morgan fingerprint density at radius 2 is 2.44 bits per heavy atom. The molecule has 2 N–H and O–H groups in total. The van der Waals surface area contributed by atoms with Crippen LogP contribution in [0.15, 0.2) is 6.20 Å². The van der Waals surface area contributed by atoms with E-state index in [1.54, 1.807) is 0 Å². The first-order chi connectivity index (χ1) is 7.60. The lowest BCUT2D eigenvalue weighted by Crippen LogP contribution is -2.47. The zero-order chi connectivity index (χ0) is 12.1. The quantitative estimate of drug-likeness (QED) is 0.435. The number of nitrogens with one attached hydrogen (secondary N) is 2. The fraction of sp³-hybridized carbons (Fsp3) is 0.167. The number of nitro groups is 1. The van der Waals surface area contributed by atoms with Crippen molar-refractivity contribution in [2.45, 2.75) is 0 Å². The van der Waals surface area contributed by atoms with Crippen LogP contribution in [-0.4, -0.2) is 29.4 Å². The summed E-state index contributed by atoms with van der Waals surface area (Å²) in [6.45, 7) is 0. The van der Waals surface area contributed by atoms with Gasteiger partial charge < -0.3 is 5.32 Å². The van der Waals surface area contributed by atoms with Gasteiger partial charge in [0.25, 0.3) is 0 Å². The number of nitrogens with zero attached hydrogens (tertiary/aromatic N) is 3. The molecule has 9 nitrogen and oxygen atoms in total. The molecule has 0 bridgehead atoms. The van der Waals surface area contributed by atoms with Gasteiger partial charge in [0.1, 0.15) is 6.20 Å². The van der Waals surface area contributed by atoms with Crippen molar-refractivity contribution in [3.63, 3.8) is 0 Å². The molecule has 1 aromatic rings. The van der Waals surface area contributed by atoms with E-state index in [2.05, 4.69) is 15.7 Å². The minimum atomic E-state index is -0.656. The van der Waals surface area contributed by atoms with E-state index < -0.39 is 11.0 Å². The number of aromatic nitrogens is 1. The second kappa shape index (κ2) is 5.02. The molecule has 0 fully saturated rings. The van der Waals surface area contributed by atoms with Gasteiger partial charge in [-0.25, -0.2) is 9.78 Å². The minimum Gasteiger partial charge on any atom is -0.339 e. The van der Waals surface area contributed by atoms with Gasteiger partial charge in [-0.2, -0.15) is 5.01 Å². The van der Waals surface area contributed by atoms with Gasteiger partial charge >= 0.3 is 11.0 Å². The van der Waals surface area contributed by atoms with Crippen molar-refractivity contribution in [2.24, 2.45) is 0 Å². The molecule has 0 unspecified atom stereocenters. The Labute approximate surface area is 93.2 Å². The Hall–Kier alpha value is -2.23. The summed E-state index contributed by atoms with van der Waals surface area (Å²) in [5, 5.41) is 13.2. The maximum atomic E-state index is 11.3. The molecule has 1 heterocycles. The molecular weight excluding hydrogens is 238 g/mol. The number of rotatable bonds is 4. The van der Waals surface area contributed by atoms with Crippen molar-refractivity contribution >= 4 is 33.9 Å². The zero-order valence-electron chi connectivity index (χ0n) is 8.04. The molecule has 3 amide bonds. The van der Waals surface area contributed by atoms with E-state index in [4.69, 9.17) is 0 Å². The van der Waals surface area contributed by atoms with Crippen LogP contribution in [-0.2, 0) is 4.79 Å². The molecule has 0 atom stereocenters. The maximum Gasteiger partial charge on any atom is 0.345 e. The van der Waals surface area contributed by atoms with Gasteiger partial charge in [-0.3, -0.25) is 20.3 Å². The van der Waals surface area contributed by atoms with E-state index in [0.717, 1.165) is 11.2 Å². The van der Waals surface area contributed by atoms with Gasteiger partial charge in [-0.15, -0.1) is 0 Å². The summed E-state index contributed by atoms with van der Waals surface area (Å²) >= 11 is 0.666. The van der Waals surface area contributed by atoms with Gasteiger partial charge in [-0.05, 0) is 11.3 Å². The standard InChI is InChI=1S/C6H7N5O4S/c1-7-5(13)10(9-3-12)6-8-2-4(16-6)11(14)15/h2-3H,1H3,(H,7,13)(H,9,12). The van der Waals surface area contributed by atoms with Gasteiger partial charge in [0.15, 0.2) is 0 Å². The Bertz CT molecular complexity index is 419. The van der Waals surface area contributed by atoms with E-state index in [-0.39, 0.29) is 16.5 Å². The van der Waals surface area contributed by atoms with Crippen LogP contribution in [0.4, 0.5) is 14.9 Å². The first kappa shape index (κ1) is 11.8. The van der Waals surface area contributed by atoms with Crippen molar-refractivity contribution in [3.8, 4) is 0 Å². The molecule has 0 aromatic carbocycles. The Morgan fingerprint density at radius 1 is 1.75 bits per heavy atom. The Morgan fingerprint density at radius 3 is 2.88 bits per heavy atom. The molecule has 0 aliphatic heterocycles. The number of amides is 3. The second-order valence-electron chi connectivity index (χ2n) is 2.38. The second-order valence-corrected chi connectivity index (χ2v) is 3.36. The fourth-order valence-electron chi connectivity index (χ4n) is 0.810. The maximum absolute atomic E-state index is 11.3. The third-order valence-electron chi connectivity index (χ3n) is 1.45. The summed E-state index contributed by atoms with van der Waals surface area (Å²) in [5.74, 6) is 0. The van der Waals surface area contributed by atoms with Gasteiger partial charge in [0.2, 0.25) is 11.5 Å². The summed E-state index contributed by atoms with van der Waals surface area (Å²) in [4.78, 5) is 34.9. The average molecular weight is 245 g/mol. The topological polar surface area (TPSA) is 117 Å². The van der Waals surface area contributed by atoms with Gasteiger partial charge in [0.05, 0.1) is 4.92 Å². The highest BCUT2D eigenvalue weighted by atomic mass is 32.1. The highest BCUT2D eigenvalue weighted by Gasteiger charge is 2.21. The van der Waals surface area contributed by atoms with Gasteiger partial charge in [-0.1, -0.05) is 0 Å². The molecule has 0 spiro atoms. The summed E-state index contributed by atoms with van der Waals surface area (Å²) in [6.07, 6.45) is 1.27. The number of hydrazine groups is 1. The molecular formula is C6H7N5O4S. The highest BCUT2D eigenvalue weighted by Crippen LogP contribution is 2.27. The normalized spacial score (nSPS) is 9.31. The Kier molecular flexibility index (Phi) is 3.72. The monoisotopic (exact) mass is 245 g/mol. The molecule has 1 aromatic heterocycles. The number of anilines is 1. The molecule has 0 aliphatic rings. The smallest absolute Gasteiger partial charge is 0.339 e. The van der Waals surface area contributed by atoms with Crippen molar-refractivity contribution < 1.29 is 14.5 Å². The lowest BCUT2D eigenvalue weighted by Gasteiger charge is -2.15. The molecule has 16 heavy (non-hydrogen) atoms. The molecule has 0 saturated heterocycles. The number of carbonyl (C=O) groups is 2. The van der Waals surface area contributed by atoms with E-state index in [9.17, 15) is 19.7 Å². The highest BCUT2D eigenvalue weighted by molar-refractivity contribution is 7.18. The molecule has 0 radical (unpaired) electrons. The van der Waals surface area contributed by atoms with Crippen molar-refractivity contribution in [1.29, 1.82) is 0 Å². The average Bonchev–Trinajstić information content (AvgIpc) is 2.74. The first-order valence-electron chi connectivity index (χ1n) is 3.92. The third-order valence-corrected chi connectivity index (χ3v) is 2.39. The number of thiazole rings is 1. The van der Waals surface area contributed by atoms with Crippen molar-refractivity contribution in [3.05, 3.63) is 16.3 Å². The summed E-state index contributed by atoms with van der Waals surface area (Å²) < 4.78 is 0. The predicted molar refractivity (Wildman–Crippen MR) is 54.9 cm³/mol. The Balaban J connectivity index is 2.96. The molecule has 86 valence electrons. The van der Waals surface area contributed by atoms with Crippen LogP contribution in [0.1, 0.15) is 0 Å². The largest absolute Gasteiger partial charge is 0.345 e. The third kappa shape index (κ3) is 2.42. The first-order valence-corrected chi connectivity index (χ1v) is 4.73. The molecule has 1 rings (SSSR count). The predicted octanol–water partition coefficient (Wildman–Crippen LogP) is -0.142. The molecule has 0 aliphatic carbocycles.